The summed E-state index contributed by atoms with van der Waals surface area (Å²) >= 11 is 0. The highest BCUT2D eigenvalue weighted by molar-refractivity contribution is 6.51. The lowest BCUT2D eigenvalue weighted by molar-refractivity contribution is 0.00578. The topological polar surface area (TPSA) is 60.0 Å². The fourth-order valence-corrected chi connectivity index (χ4v) is 2.19. The summed E-state index contributed by atoms with van der Waals surface area (Å²) in [6, 6.07) is 0.176. The fraction of sp³-hybridized carbons (Fsp3) is 0.833. The molecule has 1 unspecified atom stereocenters. The highest BCUT2D eigenvalue weighted by atomic mass is 16.7. The number of hydrogen-bond acceptors (Lipinski definition) is 5. The highest BCUT2D eigenvalue weighted by Gasteiger charge is 2.49. The third kappa shape index (κ3) is 7.00. The number of likely N-dealkylation sites (N-methyl/N-ethyl adjacent to an activating group) is 1. The molecule has 0 saturated carbocycles. The van der Waals surface area contributed by atoms with Crippen molar-refractivity contribution in [2.24, 2.45) is 0 Å². The van der Waals surface area contributed by atoms with Crippen LogP contribution in [0.4, 0.5) is 4.79 Å². The number of carbonyl (C=O) groups excluding carboxylic acids is 1. The van der Waals surface area contributed by atoms with Crippen molar-refractivity contribution in [3.05, 3.63) is 12.1 Å². The second-order valence-electron chi connectivity index (χ2n) is 8.72. The van der Waals surface area contributed by atoms with Gasteiger partial charge in [-0.3, -0.25) is 4.90 Å². The molecule has 1 rings (SSSR count). The maximum absolute atomic E-state index is 11.7. The lowest BCUT2D eigenvalue weighted by atomic mass is 9.90. The van der Waals surface area contributed by atoms with Gasteiger partial charge in [-0.15, -0.1) is 0 Å². The van der Waals surface area contributed by atoms with Gasteiger partial charge in [0.05, 0.1) is 11.2 Å². The number of amides is 1. The minimum atomic E-state index is -0.481. The summed E-state index contributed by atoms with van der Waals surface area (Å²) in [5, 5.41) is 2.80. The third-order valence-electron chi connectivity index (χ3n) is 4.65. The Morgan fingerprint density at radius 3 is 2.24 bits per heavy atom. The van der Waals surface area contributed by atoms with Crippen molar-refractivity contribution >= 4 is 13.2 Å². The van der Waals surface area contributed by atoms with Crippen LogP contribution in [0.1, 0.15) is 55.4 Å². The van der Waals surface area contributed by atoms with E-state index in [1.165, 1.54) is 0 Å². The van der Waals surface area contributed by atoms with Gasteiger partial charge < -0.3 is 19.4 Å². The van der Waals surface area contributed by atoms with Gasteiger partial charge in [-0.25, -0.2) is 4.79 Å². The lowest BCUT2D eigenvalue weighted by Gasteiger charge is -2.32. The Labute approximate surface area is 153 Å². The van der Waals surface area contributed by atoms with Crippen LogP contribution >= 0.6 is 0 Å². The third-order valence-corrected chi connectivity index (χ3v) is 4.65. The maximum Gasteiger partial charge on any atom is 0.486 e. The van der Waals surface area contributed by atoms with Crippen LogP contribution < -0.4 is 5.32 Å². The first-order chi connectivity index (χ1) is 11.2. The van der Waals surface area contributed by atoms with Crippen molar-refractivity contribution in [2.75, 3.05) is 20.1 Å². The molecule has 1 N–H and O–H groups in total. The average Bonchev–Trinajstić information content (AvgIpc) is 2.61. The molecule has 1 atom stereocenters. The van der Waals surface area contributed by atoms with Crippen LogP contribution in [0.2, 0.25) is 0 Å². The first kappa shape index (κ1) is 22.0. The molecule has 0 aliphatic carbocycles. The molecule has 0 radical (unpaired) electrons. The fourth-order valence-electron chi connectivity index (χ4n) is 2.19. The predicted molar refractivity (Wildman–Crippen MR) is 102 cm³/mol. The predicted octanol–water partition coefficient (Wildman–Crippen LogP) is 3.02. The molecule has 0 spiro atoms. The van der Waals surface area contributed by atoms with Crippen LogP contribution in [0.5, 0.6) is 0 Å². The molecule has 1 heterocycles. The zero-order chi connectivity index (χ0) is 19.5. The molecule has 1 aliphatic heterocycles. The number of alkyl carbamates (subject to hydrolysis) is 1. The van der Waals surface area contributed by atoms with E-state index in [1.807, 2.05) is 67.6 Å². The molecular weight excluding hydrogens is 319 g/mol. The van der Waals surface area contributed by atoms with Gasteiger partial charge in [0.2, 0.25) is 0 Å². The molecule has 0 aromatic rings. The Morgan fingerprint density at radius 1 is 1.24 bits per heavy atom. The largest absolute Gasteiger partial charge is 0.486 e. The van der Waals surface area contributed by atoms with E-state index in [9.17, 15) is 4.79 Å². The molecule has 0 bridgehead atoms. The van der Waals surface area contributed by atoms with Crippen LogP contribution in [0.25, 0.3) is 0 Å². The van der Waals surface area contributed by atoms with Gasteiger partial charge in [-0.05, 0) is 62.4 Å². The molecule has 6 nitrogen and oxygen atoms in total. The monoisotopic (exact) mass is 354 g/mol. The summed E-state index contributed by atoms with van der Waals surface area (Å²) in [5.41, 5.74) is -1.12. The van der Waals surface area contributed by atoms with E-state index in [0.717, 1.165) is 6.54 Å². The SMILES string of the molecule is CC(CNC(=O)OC(C)(C)C)N(C)C/C=C/B1OC(C)(C)C(C)(C)O1. The second kappa shape index (κ2) is 8.10. The standard InChI is InChI=1S/C18H35BN2O4/c1-14(13-20-15(22)23-16(2,3)4)21(9)12-10-11-19-24-17(5,6)18(7,8)25-19/h10-11,14H,12-13H2,1-9H3,(H,20,22)/b11-10+. The number of nitrogens with zero attached hydrogens (tertiary/aromatic N) is 1. The summed E-state index contributed by atoms with van der Waals surface area (Å²) in [6.07, 6.45) is 1.65. The van der Waals surface area contributed by atoms with E-state index in [-0.39, 0.29) is 30.5 Å². The normalized spacial score (nSPS) is 21.0. The van der Waals surface area contributed by atoms with Crippen molar-refractivity contribution in [1.29, 1.82) is 0 Å². The van der Waals surface area contributed by atoms with Crippen LogP contribution in [-0.4, -0.2) is 61.1 Å². The van der Waals surface area contributed by atoms with Crippen molar-refractivity contribution in [3.8, 4) is 0 Å². The minimum absolute atomic E-state index is 0.176. The smallest absolute Gasteiger partial charge is 0.444 e. The molecule has 1 fully saturated rings. The summed E-state index contributed by atoms with van der Waals surface area (Å²) in [6.45, 7) is 17.0. The van der Waals surface area contributed by atoms with E-state index in [2.05, 4.69) is 17.1 Å². The van der Waals surface area contributed by atoms with Gasteiger partial charge in [0.15, 0.2) is 0 Å². The zero-order valence-corrected chi connectivity index (χ0v) is 17.3. The molecule has 0 aromatic heterocycles. The van der Waals surface area contributed by atoms with Crippen molar-refractivity contribution in [1.82, 2.24) is 10.2 Å². The molecule has 1 aliphatic rings. The Morgan fingerprint density at radius 2 is 1.76 bits per heavy atom. The van der Waals surface area contributed by atoms with E-state index in [0.29, 0.717) is 6.54 Å². The molecule has 1 saturated heterocycles. The van der Waals surface area contributed by atoms with Gasteiger partial charge in [0, 0.05) is 19.1 Å². The molecular formula is C18H35BN2O4. The summed E-state index contributed by atoms with van der Waals surface area (Å²) < 4.78 is 17.1. The first-order valence-electron chi connectivity index (χ1n) is 8.93. The Balaban J connectivity index is 2.36. The summed E-state index contributed by atoms with van der Waals surface area (Å²) in [7, 11) is 1.68. The quantitative estimate of drug-likeness (QED) is 0.743. The van der Waals surface area contributed by atoms with Crippen LogP contribution in [0.15, 0.2) is 12.1 Å². The summed E-state index contributed by atoms with van der Waals surface area (Å²) in [5.74, 6) is 1.95. The van der Waals surface area contributed by atoms with Crippen LogP contribution in [0, 0.1) is 0 Å². The number of carbonyl (C=O) groups is 1. The molecule has 144 valence electrons. The molecule has 7 heteroatoms. The van der Waals surface area contributed by atoms with Gasteiger partial charge in [0.25, 0.3) is 0 Å². The van der Waals surface area contributed by atoms with Gasteiger partial charge in [-0.1, -0.05) is 12.1 Å². The first-order valence-corrected chi connectivity index (χ1v) is 8.93. The Kier molecular flexibility index (Phi) is 7.13. The Hall–Kier alpha value is -1.05. The van der Waals surface area contributed by atoms with E-state index < -0.39 is 5.60 Å². The number of ether oxygens (including phenoxy) is 1. The van der Waals surface area contributed by atoms with E-state index in [4.69, 9.17) is 14.0 Å². The summed E-state index contributed by atoms with van der Waals surface area (Å²) in [4.78, 5) is 13.8. The maximum atomic E-state index is 11.7. The number of rotatable bonds is 6. The number of nitrogens with one attached hydrogen (secondary N) is 1. The molecule has 25 heavy (non-hydrogen) atoms. The van der Waals surface area contributed by atoms with E-state index in [1.54, 1.807) is 0 Å². The second-order valence-corrected chi connectivity index (χ2v) is 8.72. The van der Waals surface area contributed by atoms with Crippen LogP contribution in [0.3, 0.4) is 0 Å². The van der Waals surface area contributed by atoms with Crippen molar-refractivity contribution in [3.63, 3.8) is 0 Å². The van der Waals surface area contributed by atoms with Gasteiger partial charge in [0.1, 0.15) is 5.60 Å². The van der Waals surface area contributed by atoms with E-state index >= 15 is 0 Å². The lowest BCUT2D eigenvalue weighted by Crippen LogP contribution is -2.42. The van der Waals surface area contributed by atoms with Crippen molar-refractivity contribution in [2.45, 2.75) is 78.2 Å². The highest BCUT2D eigenvalue weighted by Crippen LogP contribution is 2.36. The average molecular weight is 354 g/mol. The van der Waals surface area contributed by atoms with Crippen LogP contribution in [-0.2, 0) is 14.0 Å². The van der Waals surface area contributed by atoms with Crippen molar-refractivity contribution < 1.29 is 18.8 Å². The van der Waals surface area contributed by atoms with Gasteiger partial charge >= 0.3 is 13.2 Å². The Bertz CT molecular complexity index is 470. The molecule has 0 aromatic carbocycles. The zero-order valence-electron chi connectivity index (χ0n) is 17.3. The number of hydrogen-bond donors (Lipinski definition) is 1. The molecule has 1 amide bonds. The van der Waals surface area contributed by atoms with Gasteiger partial charge in [-0.2, -0.15) is 0 Å². The minimum Gasteiger partial charge on any atom is -0.444 e.